The van der Waals surface area contributed by atoms with E-state index in [1.54, 1.807) is 6.33 Å². The molecule has 4 rings (SSSR count). The van der Waals surface area contributed by atoms with Crippen LogP contribution < -0.4 is 10.2 Å². The zero-order valence-electron chi connectivity index (χ0n) is 13.0. The van der Waals surface area contributed by atoms with Gasteiger partial charge >= 0.3 is 0 Å². The Kier molecular flexibility index (Phi) is 3.48. The molecule has 1 aromatic rings. The van der Waals surface area contributed by atoms with E-state index in [-0.39, 0.29) is 0 Å². The van der Waals surface area contributed by atoms with Crippen LogP contribution in [0.2, 0.25) is 0 Å². The predicted molar refractivity (Wildman–Crippen MR) is 85.5 cm³/mol. The second-order valence-electron chi connectivity index (χ2n) is 7.23. The van der Waals surface area contributed by atoms with E-state index in [1.807, 2.05) is 0 Å². The highest BCUT2D eigenvalue weighted by Gasteiger charge is 2.41. The zero-order valence-corrected chi connectivity index (χ0v) is 13.0. The number of hydrogen-bond acceptors (Lipinski definition) is 4. The fourth-order valence-corrected chi connectivity index (χ4v) is 4.21. The van der Waals surface area contributed by atoms with Crippen molar-refractivity contribution < 1.29 is 0 Å². The minimum atomic E-state index is 0.708. The van der Waals surface area contributed by atoms with Crippen molar-refractivity contribution in [3.63, 3.8) is 0 Å². The SMILES string of the molecule is CC1CN(c2cc(NCC3CC3)ncn2)C2CCCCC12. The van der Waals surface area contributed by atoms with Crippen LogP contribution in [-0.4, -0.2) is 29.1 Å². The smallest absolute Gasteiger partial charge is 0.134 e. The van der Waals surface area contributed by atoms with Gasteiger partial charge in [-0.3, -0.25) is 0 Å². The lowest BCUT2D eigenvalue weighted by molar-refractivity contribution is 0.293. The maximum absolute atomic E-state index is 4.56. The van der Waals surface area contributed by atoms with E-state index in [2.05, 4.69) is 33.2 Å². The highest BCUT2D eigenvalue weighted by molar-refractivity contribution is 5.50. The minimum absolute atomic E-state index is 0.708. The Hall–Kier alpha value is -1.32. The summed E-state index contributed by atoms with van der Waals surface area (Å²) in [7, 11) is 0. The molecule has 1 aromatic heterocycles. The summed E-state index contributed by atoms with van der Waals surface area (Å²) < 4.78 is 0. The molecule has 0 amide bonds. The minimum Gasteiger partial charge on any atom is -0.370 e. The third-order valence-electron chi connectivity index (χ3n) is 5.61. The molecule has 1 N–H and O–H groups in total. The van der Waals surface area contributed by atoms with Gasteiger partial charge in [0.1, 0.15) is 18.0 Å². The van der Waals surface area contributed by atoms with Crippen molar-refractivity contribution in [3.8, 4) is 0 Å². The summed E-state index contributed by atoms with van der Waals surface area (Å²) in [5.41, 5.74) is 0. The van der Waals surface area contributed by atoms with Gasteiger partial charge in [-0.05, 0) is 43.4 Å². The third kappa shape index (κ3) is 2.72. The van der Waals surface area contributed by atoms with Gasteiger partial charge in [-0.25, -0.2) is 9.97 Å². The van der Waals surface area contributed by atoms with Crippen LogP contribution in [0, 0.1) is 17.8 Å². The van der Waals surface area contributed by atoms with Crippen LogP contribution >= 0.6 is 0 Å². The molecule has 2 saturated carbocycles. The van der Waals surface area contributed by atoms with Crippen molar-refractivity contribution in [1.82, 2.24) is 9.97 Å². The summed E-state index contributed by atoms with van der Waals surface area (Å²) in [5, 5.41) is 3.48. The summed E-state index contributed by atoms with van der Waals surface area (Å²) >= 11 is 0. The average Bonchev–Trinajstić information content (AvgIpc) is 3.29. The molecule has 3 aliphatic rings. The van der Waals surface area contributed by atoms with Crippen LogP contribution in [0.5, 0.6) is 0 Å². The number of aromatic nitrogens is 2. The average molecular weight is 286 g/mol. The highest BCUT2D eigenvalue weighted by Crippen LogP contribution is 2.41. The summed E-state index contributed by atoms with van der Waals surface area (Å²) in [4.78, 5) is 11.5. The van der Waals surface area contributed by atoms with Crippen LogP contribution in [0.1, 0.15) is 45.4 Å². The molecule has 4 heteroatoms. The molecular formula is C17H26N4. The first-order valence-corrected chi connectivity index (χ1v) is 8.64. The first-order chi connectivity index (χ1) is 10.3. The summed E-state index contributed by atoms with van der Waals surface area (Å²) in [6.45, 7) is 4.64. The molecule has 4 nitrogen and oxygen atoms in total. The Morgan fingerprint density at radius 1 is 1.19 bits per heavy atom. The van der Waals surface area contributed by atoms with Crippen LogP contribution in [0.3, 0.4) is 0 Å². The van der Waals surface area contributed by atoms with Crippen LogP contribution in [-0.2, 0) is 0 Å². The van der Waals surface area contributed by atoms with Crippen molar-refractivity contribution in [2.75, 3.05) is 23.3 Å². The van der Waals surface area contributed by atoms with Crippen LogP contribution in [0.4, 0.5) is 11.6 Å². The molecule has 3 atom stereocenters. The molecule has 1 aliphatic heterocycles. The topological polar surface area (TPSA) is 41.0 Å². The molecule has 0 bridgehead atoms. The second kappa shape index (κ2) is 5.47. The zero-order chi connectivity index (χ0) is 14.2. The van der Waals surface area contributed by atoms with Crippen molar-refractivity contribution >= 4 is 11.6 Å². The van der Waals surface area contributed by atoms with E-state index in [9.17, 15) is 0 Å². The molecule has 1 saturated heterocycles. The van der Waals surface area contributed by atoms with Gasteiger partial charge in [-0.15, -0.1) is 0 Å². The van der Waals surface area contributed by atoms with E-state index in [0.717, 1.165) is 42.5 Å². The maximum atomic E-state index is 4.56. The molecule has 0 radical (unpaired) electrons. The molecule has 0 spiro atoms. The van der Waals surface area contributed by atoms with E-state index >= 15 is 0 Å². The quantitative estimate of drug-likeness (QED) is 0.922. The number of nitrogens with one attached hydrogen (secondary N) is 1. The lowest BCUT2D eigenvalue weighted by Crippen LogP contribution is -2.35. The van der Waals surface area contributed by atoms with Gasteiger partial charge in [0.25, 0.3) is 0 Å². The normalized spacial score (nSPS) is 32.0. The highest BCUT2D eigenvalue weighted by atomic mass is 15.3. The second-order valence-corrected chi connectivity index (χ2v) is 7.23. The molecule has 3 unspecified atom stereocenters. The van der Waals surface area contributed by atoms with Crippen molar-refractivity contribution in [2.45, 2.75) is 51.5 Å². The van der Waals surface area contributed by atoms with Gasteiger partial charge in [-0.2, -0.15) is 0 Å². The molecule has 2 aliphatic carbocycles. The van der Waals surface area contributed by atoms with E-state index in [1.165, 1.54) is 38.5 Å². The van der Waals surface area contributed by atoms with Gasteiger partial charge in [0.15, 0.2) is 0 Å². The summed E-state index contributed by atoms with van der Waals surface area (Å²) in [5.74, 6) is 4.67. The Morgan fingerprint density at radius 2 is 2.05 bits per heavy atom. The molecule has 21 heavy (non-hydrogen) atoms. The van der Waals surface area contributed by atoms with Gasteiger partial charge in [0.05, 0.1) is 0 Å². The van der Waals surface area contributed by atoms with E-state index in [4.69, 9.17) is 0 Å². The largest absolute Gasteiger partial charge is 0.370 e. The van der Waals surface area contributed by atoms with E-state index < -0.39 is 0 Å². The lowest BCUT2D eigenvalue weighted by Gasteiger charge is -2.32. The van der Waals surface area contributed by atoms with Crippen molar-refractivity contribution in [1.29, 1.82) is 0 Å². The third-order valence-corrected chi connectivity index (χ3v) is 5.61. The van der Waals surface area contributed by atoms with Gasteiger partial charge < -0.3 is 10.2 Å². The first-order valence-electron chi connectivity index (χ1n) is 8.64. The van der Waals surface area contributed by atoms with Crippen LogP contribution in [0.15, 0.2) is 12.4 Å². The number of fused-ring (bicyclic) bond motifs is 1. The monoisotopic (exact) mass is 286 g/mol. The number of anilines is 2. The molecule has 2 heterocycles. The first kappa shape index (κ1) is 13.4. The molecule has 114 valence electrons. The Balaban J connectivity index is 1.50. The lowest BCUT2D eigenvalue weighted by atomic mass is 9.80. The maximum Gasteiger partial charge on any atom is 0.134 e. The Bertz CT molecular complexity index is 499. The van der Waals surface area contributed by atoms with Crippen LogP contribution in [0.25, 0.3) is 0 Å². The van der Waals surface area contributed by atoms with Crippen molar-refractivity contribution in [2.24, 2.45) is 17.8 Å². The van der Waals surface area contributed by atoms with Gasteiger partial charge in [0, 0.05) is 25.2 Å². The van der Waals surface area contributed by atoms with Crippen molar-refractivity contribution in [3.05, 3.63) is 12.4 Å². The molecule has 0 aromatic carbocycles. The fourth-order valence-electron chi connectivity index (χ4n) is 4.21. The Morgan fingerprint density at radius 3 is 2.90 bits per heavy atom. The predicted octanol–water partition coefficient (Wildman–Crippen LogP) is 3.31. The Labute approximate surface area is 127 Å². The molecule has 3 fully saturated rings. The standard InChI is InChI=1S/C17H26N4/c1-12-10-21(15-5-3-2-4-14(12)15)17-8-16(19-11-20-17)18-9-13-6-7-13/h8,11-15H,2-7,9-10H2,1H3,(H,18,19,20). The number of nitrogens with zero attached hydrogens (tertiary/aromatic N) is 3. The van der Waals surface area contributed by atoms with Gasteiger partial charge in [0.2, 0.25) is 0 Å². The summed E-state index contributed by atoms with van der Waals surface area (Å²) in [6.07, 6.45) is 10.0. The molecular weight excluding hydrogens is 260 g/mol. The number of hydrogen-bond donors (Lipinski definition) is 1. The fraction of sp³-hybridized carbons (Fsp3) is 0.765. The van der Waals surface area contributed by atoms with E-state index in [0.29, 0.717) is 6.04 Å². The number of rotatable bonds is 4. The summed E-state index contributed by atoms with van der Waals surface area (Å²) in [6, 6.07) is 2.87. The van der Waals surface area contributed by atoms with Gasteiger partial charge in [-0.1, -0.05) is 19.8 Å².